The molecule has 2 rings (SSSR count). The van der Waals surface area contributed by atoms with E-state index in [9.17, 15) is 0 Å². The maximum absolute atomic E-state index is 6.15. The molecular formula is C13H13BrClNS. The molecule has 1 atom stereocenters. The van der Waals surface area contributed by atoms with Crippen LogP contribution >= 0.6 is 38.9 Å². The summed E-state index contributed by atoms with van der Waals surface area (Å²) in [5.74, 6) is 0. The van der Waals surface area contributed by atoms with Crippen molar-refractivity contribution in [2.75, 3.05) is 5.32 Å². The van der Waals surface area contributed by atoms with Gasteiger partial charge in [-0.25, -0.2) is 0 Å². The Morgan fingerprint density at radius 1 is 1.41 bits per heavy atom. The van der Waals surface area contributed by atoms with Crippen molar-refractivity contribution < 1.29 is 0 Å². The van der Waals surface area contributed by atoms with Crippen molar-refractivity contribution in [2.24, 2.45) is 0 Å². The Morgan fingerprint density at radius 3 is 2.82 bits per heavy atom. The number of benzene rings is 1. The monoisotopic (exact) mass is 329 g/mol. The van der Waals surface area contributed by atoms with E-state index in [1.165, 1.54) is 4.88 Å². The minimum atomic E-state index is 0.0220. The number of alkyl halides is 1. The third-order valence-electron chi connectivity index (χ3n) is 2.46. The van der Waals surface area contributed by atoms with Crippen LogP contribution in [-0.4, -0.2) is 0 Å². The Morgan fingerprint density at radius 2 is 2.18 bits per heavy atom. The Hall–Kier alpha value is -0.510. The van der Waals surface area contributed by atoms with E-state index in [1.807, 2.05) is 19.1 Å². The molecule has 0 aliphatic rings. The molecule has 0 radical (unpaired) electrons. The van der Waals surface area contributed by atoms with Crippen molar-refractivity contribution in [1.82, 2.24) is 0 Å². The highest BCUT2D eigenvalue weighted by Crippen LogP contribution is 2.28. The van der Waals surface area contributed by atoms with E-state index >= 15 is 0 Å². The lowest BCUT2D eigenvalue weighted by molar-refractivity contribution is 1.07. The fourth-order valence-corrected chi connectivity index (χ4v) is 3.21. The van der Waals surface area contributed by atoms with E-state index in [0.29, 0.717) is 0 Å². The number of halogens is 2. The zero-order chi connectivity index (χ0) is 12.3. The highest BCUT2D eigenvalue weighted by Gasteiger charge is 2.07. The molecule has 1 nitrogen and oxygen atoms in total. The molecule has 0 aliphatic heterocycles. The predicted molar refractivity (Wildman–Crippen MR) is 80.1 cm³/mol. The third kappa shape index (κ3) is 3.47. The minimum absolute atomic E-state index is 0.0220. The van der Waals surface area contributed by atoms with Crippen LogP contribution in [0.4, 0.5) is 5.69 Å². The van der Waals surface area contributed by atoms with Gasteiger partial charge in [0.2, 0.25) is 0 Å². The summed E-state index contributed by atoms with van der Waals surface area (Å²) in [6, 6.07) is 10.3. The van der Waals surface area contributed by atoms with Crippen molar-refractivity contribution >= 4 is 44.6 Å². The second kappa shape index (κ2) is 5.89. The average molecular weight is 331 g/mol. The molecule has 0 saturated heterocycles. The molecule has 1 aromatic heterocycles. The van der Waals surface area contributed by atoms with Gasteiger partial charge in [-0.2, -0.15) is 0 Å². The first kappa shape index (κ1) is 12.9. The van der Waals surface area contributed by atoms with Gasteiger partial charge in [-0.3, -0.25) is 0 Å². The van der Waals surface area contributed by atoms with Gasteiger partial charge >= 0.3 is 0 Å². The number of nitrogens with one attached hydrogen (secondary N) is 1. The van der Waals surface area contributed by atoms with Crippen LogP contribution in [0.1, 0.15) is 22.7 Å². The molecule has 1 heterocycles. The largest absolute Gasteiger partial charge is 0.380 e. The molecule has 4 heteroatoms. The summed E-state index contributed by atoms with van der Waals surface area (Å²) in [7, 11) is 0. The SMILES string of the molecule is CC(Cl)c1ccccc1NCc1cc(Br)cs1. The van der Waals surface area contributed by atoms with Crippen molar-refractivity contribution in [3.8, 4) is 0 Å². The molecular weight excluding hydrogens is 318 g/mol. The van der Waals surface area contributed by atoms with E-state index in [0.717, 1.165) is 22.3 Å². The van der Waals surface area contributed by atoms with Crippen molar-refractivity contribution in [2.45, 2.75) is 18.8 Å². The third-order valence-corrected chi connectivity index (χ3v) is 4.40. The first-order valence-corrected chi connectivity index (χ1v) is 7.47. The summed E-state index contributed by atoms with van der Waals surface area (Å²) in [6.07, 6.45) is 0. The molecule has 0 saturated carbocycles. The maximum Gasteiger partial charge on any atom is 0.0577 e. The van der Waals surface area contributed by atoms with Crippen LogP contribution in [-0.2, 0) is 6.54 Å². The molecule has 1 unspecified atom stereocenters. The van der Waals surface area contributed by atoms with E-state index in [1.54, 1.807) is 11.3 Å². The standard InChI is InChI=1S/C13H13BrClNS/c1-9(15)12-4-2-3-5-13(12)16-7-11-6-10(14)8-17-11/h2-6,8-9,16H,7H2,1H3. The quantitative estimate of drug-likeness (QED) is 0.738. The van der Waals surface area contributed by atoms with Gasteiger partial charge in [-0.15, -0.1) is 22.9 Å². The van der Waals surface area contributed by atoms with Gasteiger partial charge in [0.1, 0.15) is 0 Å². The van der Waals surface area contributed by atoms with E-state index in [4.69, 9.17) is 11.6 Å². The highest BCUT2D eigenvalue weighted by molar-refractivity contribution is 9.10. The molecule has 0 fully saturated rings. The number of para-hydroxylation sites is 1. The van der Waals surface area contributed by atoms with Crippen molar-refractivity contribution in [3.63, 3.8) is 0 Å². The average Bonchev–Trinajstić information content (AvgIpc) is 2.73. The molecule has 90 valence electrons. The van der Waals surface area contributed by atoms with Gasteiger partial charge in [-0.1, -0.05) is 18.2 Å². The normalized spacial score (nSPS) is 12.4. The second-order valence-corrected chi connectivity index (χ2v) is 6.35. The lowest BCUT2D eigenvalue weighted by Gasteiger charge is -2.12. The van der Waals surface area contributed by atoms with E-state index < -0.39 is 0 Å². The molecule has 0 aliphatic carbocycles. The number of anilines is 1. The lowest BCUT2D eigenvalue weighted by Crippen LogP contribution is -2.01. The second-order valence-electron chi connectivity index (χ2n) is 3.79. The Labute approximate surface area is 119 Å². The number of hydrogen-bond acceptors (Lipinski definition) is 2. The van der Waals surface area contributed by atoms with Gasteiger partial charge in [0.25, 0.3) is 0 Å². The molecule has 1 aromatic carbocycles. The first-order valence-electron chi connectivity index (χ1n) is 5.36. The summed E-state index contributed by atoms with van der Waals surface area (Å²) < 4.78 is 1.14. The molecule has 0 bridgehead atoms. The lowest BCUT2D eigenvalue weighted by atomic mass is 10.1. The number of thiophene rings is 1. The van der Waals surface area contributed by atoms with Crippen LogP contribution in [0, 0.1) is 0 Å². The first-order chi connectivity index (χ1) is 8.16. The zero-order valence-electron chi connectivity index (χ0n) is 9.41. The van der Waals surface area contributed by atoms with E-state index in [-0.39, 0.29) is 5.38 Å². The van der Waals surface area contributed by atoms with E-state index in [2.05, 4.69) is 44.8 Å². The molecule has 2 aromatic rings. The maximum atomic E-state index is 6.15. The Bertz CT molecular complexity index is 496. The van der Waals surface area contributed by atoms with Crippen molar-refractivity contribution in [3.05, 3.63) is 50.6 Å². The molecule has 0 amide bonds. The highest BCUT2D eigenvalue weighted by atomic mass is 79.9. The molecule has 0 spiro atoms. The van der Waals surface area contributed by atoms with Gasteiger partial charge in [-0.05, 0) is 40.5 Å². The molecule has 1 N–H and O–H groups in total. The summed E-state index contributed by atoms with van der Waals surface area (Å²) >= 11 is 11.3. The summed E-state index contributed by atoms with van der Waals surface area (Å²) in [4.78, 5) is 1.30. The topological polar surface area (TPSA) is 12.0 Å². The van der Waals surface area contributed by atoms with Crippen LogP contribution in [0.3, 0.4) is 0 Å². The summed E-state index contributed by atoms with van der Waals surface area (Å²) in [6.45, 7) is 2.82. The van der Waals surface area contributed by atoms with Crippen LogP contribution < -0.4 is 5.32 Å². The number of rotatable bonds is 4. The Balaban J connectivity index is 2.08. The fourth-order valence-electron chi connectivity index (χ4n) is 1.63. The summed E-state index contributed by atoms with van der Waals surface area (Å²) in [5, 5.41) is 5.54. The van der Waals surface area contributed by atoms with Crippen LogP contribution in [0.2, 0.25) is 0 Å². The fraction of sp³-hybridized carbons (Fsp3) is 0.231. The summed E-state index contributed by atoms with van der Waals surface area (Å²) in [5.41, 5.74) is 2.25. The van der Waals surface area contributed by atoms with Gasteiger partial charge < -0.3 is 5.32 Å². The van der Waals surface area contributed by atoms with Gasteiger partial charge in [0.15, 0.2) is 0 Å². The van der Waals surface area contributed by atoms with Crippen LogP contribution in [0.25, 0.3) is 0 Å². The smallest absolute Gasteiger partial charge is 0.0577 e. The Kier molecular flexibility index (Phi) is 4.48. The number of hydrogen-bond donors (Lipinski definition) is 1. The van der Waals surface area contributed by atoms with Gasteiger partial charge in [0.05, 0.1) is 5.38 Å². The van der Waals surface area contributed by atoms with Crippen LogP contribution in [0.5, 0.6) is 0 Å². The van der Waals surface area contributed by atoms with Gasteiger partial charge in [0, 0.05) is 27.0 Å². The minimum Gasteiger partial charge on any atom is -0.380 e. The predicted octanol–water partition coefficient (Wildman–Crippen LogP) is 5.42. The zero-order valence-corrected chi connectivity index (χ0v) is 12.6. The van der Waals surface area contributed by atoms with Crippen LogP contribution in [0.15, 0.2) is 40.2 Å². The molecule has 17 heavy (non-hydrogen) atoms. The van der Waals surface area contributed by atoms with Crippen molar-refractivity contribution in [1.29, 1.82) is 0 Å².